The predicted molar refractivity (Wildman–Crippen MR) is 113 cm³/mol. The molecule has 7 heteroatoms. The topological polar surface area (TPSA) is 71.1 Å². The van der Waals surface area contributed by atoms with Crippen LogP contribution in [0.15, 0.2) is 24.3 Å². The van der Waals surface area contributed by atoms with Crippen LogP contribution < -0.4 is 10.1 Å². The molecule has 2 atom stereocenters. The molecule has 1 aromatic rings. The number of carbonyl (C=O) groups excluding carboxylic acids is 2. The van der Waals surface area contributed by atoms with E-state index in [0.717, 1.165) is 69.6 Å². The summed E-state index contributed by atoms with van der Waals surface area (Å²) >= 11 is 0. The number of nitrogens with one attached hydrogen (secondary N) is 1. The SMILES string of the molecule is CC(=O)N1CCC(N2C[C@@H]3NC(=O)COc4ccccc4CCCCO[C@@H]3C2)CC1. The highest BCUT2D eigenvalue weighted by Gasteiger charge is 2.38. The third kappa shape index (κ3) is 5.13. The lowest BCUT2D eigenvalue weighted by Gasteiger charge is -2.36. The second-order valence-electron chi connectivity index (χ2n) is 8.63. The molecule has 30 heavy (non-hydrogen) atoms. The van der Waals surface area contributed by atoms with Gasteiger partial charge >= 0.3 is 0 Å². The summed E-state index contributed by atoms with van der Waals surface area (Å²) in [5.41, 5.74) is 1.15. The minimum Gasteiger partial charge on any atom is -0.483 e. The van der Waals surface area contributed by atoms with Crippen molar-refractivity contribution < 1.29 is 19.1 Å². The third-order valence-electron chi connectivity index (χ3n) is 6.57. The van der Waals surface area contributed by atoms with Crippen molar-refractivity contribution in [2.75, 3.05) is 39.4 Å². The Balaban J connectivity index is 1.38. The summed E-state index contributed by atoms with van der Waals surface area (Å²) in [5.74, 6) is 0.856. The predicted octanol–water partition coefficient (Wildman–Crippen LogP) is 1.60. The number of piperidine rings is 1. The average molecular weight is 416 g/mol. The van der Waals surface area contributed by atoms with Crippen LogP contribution in [0, 0.1) is 0 Å². The van der Waals surface area contributed by atoms with Crippen LogP contribution in [0.2, 0.25) is 0 Å². The molecule has 0 aliphatic carbocycles. The van der Waals surface area contributed by atoms with Gasteiger partial charge in [-0.3, -0.25) is 14.5 Å². The molecule has 2 amide bonds. The summed E-state index contributed by atoms with van der Waals surface area (Å²) in [4.78, 5) is 28.5. The Labute approximate surface area is 178 Å². The number of para-hydroxylation sites is 1. The van der Waals surface area contributed by atoms with E-state index in [2.05, 4.69) is 16.3 Å². The third-order valence-corrected chi connectivity index (χ3v) is 6.57. The highest BCUT2D eigenvalue weighted by Crippen LogP contribution is 2.25. The largest absolute Gasteiger partial charge is 0.483 e. The van der Waals surface area contributed by atoms with Crippen molar-refractivity contribution in [3.63, 3.8) is 0 Å². The fourth-order valence-corrected chi connectivity index (χ4v) is 4.85. The van der Waals surface area contributed by atoms with E-state index in [9.17, 15) is 9.59 Å². The zero-order chi connectivity index (χ0) is 20.9. The van der Waals surface area contributed by atoms with Crippen LogP contribution in [0.1, 0.15) is 38.2 Å². The Morgan fingerprint density at radius 1 is 1.13 bits per heavy atom. The number of aryl methyl sites for hydroxylation is 1. The Kier molecular flexibility index (Phi) is 6.89. The molecule has 0 unspecified atom stereocenters. The molecular formula is C23H33N3O4. The number of fused-ring (bicyclic) bond motifs is 2. The van der Waals surface area contributed by atoms with Gasteiger partial charge < -0.3 is 19.7 Å². The molecule has 3 aliphatic heterocycles. The number of nitrogens with zero attached hydrogens (tertiary/aromatic N) is 2. The Hall–Kier alpha value is -2.12. The first-order chi connectivity index (χ1) is 14.6. The van der Waals surface area contributed by atoms with Gasteiger partial charge in [0.1, 0.15) is 5.75 Å². The number of hydrogen-bond acceptors (Lipinski definition) is 5. The quantitative estimate of drug-likeness (QED) is 0.754. The number of rotatable bonds is 1. The van der Waals surface area contributed by atoms with Gasteiger partial charge in [-0.05, 0) is 43.7 Å². The molecule has 2 fully saturated rings. The maximum absolute atomic E-state index is 12.6. The molecule has 0 aromatic heterocycles. The first-order valence-corrected chi connectivity index (χ1v) is 11.2. The van der Waals surface area contributed by atoms with E-state index in [4.69, 9.17) is 9.47 Å². The van der Waals surface area contributed by atoms with E-state index < -0.39 is 0 Å². The van der Waals surface area contributed by atoms with Gasteiger partial charge in [0.2, 0.25) is 5.91 Å². The Morgan fingerprint density at radius 2 is 1.93 bits per heavy atom. The highest BCUT2D eigenvalue weighted by molar-refractivity contribution is 5.78. The van der Waals surface area contributed by atoms with Crippen molar-refractivity contribution in [3.8, 4) is 5.75 Å². The molecule has 0 saturated carbocycles. The van der Waals surface area contributed by atoms with Crippen LogP contribution >= 0.6 is 0 Å². The van der Waals surface area contributed by atoms with E-state index >= 15 is 0 Å². The standard InChI is InChI=1S/C23H33N3O4/c1-17(27)25-11-9-19(10-12-25)26-14-20-22(15-26)29-13-5-4-7-18-6-2-3-8-21(18)30-16-23(28)24-20/h2-3,6,8,19-20,22H,4-5,7,9-16H2,1H3,(H,24,28)/t20-,22+/m0/s1. The molecule has 0 radical (unpaired) electrons. The molecule has 1 aromatic carbocycles. The molecular weight excluding hydrogens is 382 g/mol. The monoisotopic (exact) mass is 415 g/mol. The number of likely N-dealkylation sites (tertiary alicyclic amines) is 2. The lowest BCUT2D eigenvalue weighted by atomic mass is 10.0. The van der Waals surface area contributed by atoms with Crippen molar-refractivity contribution >= 4 is 11.8 Å². The normalized spacial score (nSPS) is 27.0. The first-order valence-electron chi connectivity index (χ1n) is 11.2. The minimum atomic E-state index is -0.101. The van der Waals surface area contributed by atoms with Crippen molar-refractivity contribution in [2.45, 2.75) is 57.2 Å². The van der Waals surface area contributed by atoms with Crippen molar-refractivity contribution in [1.29, 1.82) is 0 Å². The number of ether oxygens (including phenoxy) is 2. The van der Waals surface area contributed by atoms with Crippen LogP contribution in [-0.4, -0.2) is 79.2 Å². The van der Waals surface area contributed by atoms with Crippen LogP contribution in [-0.2, 0) is 20.7 Å². The van der Waals surface area contributed by atoms with Gasteiger partial charge in [-0.2, -0.15) is 0 Å². The second kappa shape index (κ2) is 9.79. The summed E-state index contributed by atoms with van der Waals surface area (Å²) in [6.45, 7) is 5.61. The fourth-order valence-electron chi connectivity index (χ4n) is 4.85. The van der Waals surface area contributed by atoms with Crippen molar-refractivity contribution in [3.05, 3.63) is 29.8 Å². The number of benzene rings is 1. The Morgan fingerprint density at radius 3 is 2.73 bits per heavy atom. The van der Waals surface area contributed by atoms with E-state index in [1.807, 2.05) is 23.1 Å². The fraction of sp³-hybridized carbons (Fsp3) is 0.652. The maximum atomic E-state index is 12.6. The first kappa shape index (κ1) is 21.1. The van der Waals surface area contributed by atoms with Gasteiger partial charge in [0, 0.05) is 45.8 Å². The molecule has 3 aliphatic rings. The summed E-state index contributed by atoms with van der Waals surface area (Å²) in [5, 5.41) is 3.15. The van der Waals surface area contributed by atoms with Gasteiger partial charge in [0.15, 0.2) is 6.61 Å². The summed E-state index contributed by atoms with van der Waals surface area (Å²) in [7, 11) is 0. The molecule has 164 valence electrons. The summed E-state index contributed by atoms with van der Waals surface area (Å²) < 4.78 is 12.1. The van der Waals surface area contributed by atoms with E-state index in [1.54, 1.807) is 6.92 Å². The number of carbonyl (C=O) groups is 2. The van der Waals surface area contributed by atoms with E-state index in [0.29, 0.717) is 12.6 Å². The summed E-state index contributed by atoms with van der Waals surface area (Å²) in [6.07, 6.45) is 4.91. The molecule has 7 nitrogen and oxygen atoms in total. The van der Waals surface area contributed by atoms with Crippen LogP contribution in [0.3, 0.4) is 0 Å². The van der Waals surface area contributed by atoms with Crippen LogP contribution in [0.5, 0.6) is 5.75 Å². The van der Waals surface area contributed by atoms with Crippen molar-refractivity contribution in [1.82, 2.24) is 15.1 Å². The van der Waals surface area contributed by atoms with Crippen LogP contribution in [0.4, 0.5) is 0 Å². The zero-order valence-corrected chi connectivity index (χ0v) is 17.8. The molecule has 4 rings (SSSR count). The molecule has 1 N–H and O–H groups in total. The molecule has 0 bridgehead atoms. The lowest BCUT2D eigenvalue weighted by molar-refractivity contribution is -0.130. The van der Waals surface area contributed by atoms with Gasteiger partial charge in [-0.25, -0.2) is 0 Å². The lowest BCUT2D eigenvalue weighted by Crippen LogP contribution is -2.47. The number of hydrogen-bond donors (Lipinski definition) is 1. The van der Waals surface area contributed by atoms with E-state index in [-0.39, 0.29) is 30.6 Å². The van der Waals surface area contributed by atoms with Gasteiger partial charge in [0.05, 0.1) is 12.1 Å². The molecule has 2 saturated heterocycles. The second-order valence-corrected chi connectivity index (χ2v) is 8.63. The minimum absolute atomic E-state index is 0.00270. The van der Waals surface area contributed by atoms with Crippen molar-refractivity contribution in [2.24, 2.45) is 0 Å². The number of amides is 2. The van der Waals surface area contributed by atoms with Gasteiger partial charge in [-0.1, -0.05) is 18.2 Å². The average Bonchev–Trinajstić information content (AvgIpc) is 3.15. The Bertz CT molecular complexity index is 748. The maximum Gasteiger partial charge on any atom is 0.258 e. The highest BCUT2D eigenvalue weighted by atomic mass is 16.5. The molecule has 3 heterocycles. The smallest absolute Gasteiger partial charge is 0.258 e. The van der Waals surface area contributed by atoms with Crippen LogP contribution in [0.25, 0.3) is 0 Å². The van der Waals surface area contributed by atoms with Gasteiger partial charge in [-0.15, -0.1) is 0 Å². The van der Waals surface area contributed by atoms with E-state index in [1.165, 1.54) is 0 Å². The zero-order valence-electron chi connectivity index (χ0n) is 17.8. The summed E-state index contributed by atoms with van der Waals surface area (Å²) in [6, 6.07) is 8.37. The molecule has 0 spiro atoms. The van der Waals surface area contributed by atoms with Gasteiger partial charge in [0.25, 0.3) is 5.91 Å².